The number of aromatic nitrogens is 1. The lowest BCUT2D eigenvalue weighted by Gasteiger charge is -2.17. The molecule has 1 saturated heterocycles. The topological polar surface area (TPSA) is 37.6 Å². The zero-order valence-electron chi connectivity index (χ0n) is 19.9. The summed E-state index contributed by atoms with van der Waals surface area (Å²) in [5, 5.41) is 0.772. The molecule has 5 heteroatoms. The van der Waals surface area contributed by atoms with Gasteiger partial charge in [-0.15, -0.1) is 0 Å². The minimum Gasteiger partial charge on any atom is -0.346 e. The van der Waals surface area contributed by atoms with Gasteiger partial charge in [-0.1, -0.05) is 73.5 Å². The van der Waals surface area contributed by atoms with E-state index in [-0.39, 0.29) is 5.91 Å². The highest BCUT2D eigenvalue weighted by Crippen LogP contribution is 2.37. The van der Waals surface area contributed by atoms with E-state index in [0.717, 1.165) is 26.8 Å². The normalized spacial score (nSPS) is 19.1. The minimum absolute atomic E-state index is 0.0336. The molecule has 0 atom stereocenters. The van der Waals surface area contributed by atoms with Crippen LogP contribution in [0, 0.1) is 13.8 Å². The van der Waals surface area contributed by atoms with Crippen LogP contribution in [0.15, 0.2) is 76.6 Å². The largest absolute Gasteiger partial charge is 0.346 e. The Labute approximate surface area is 206 Å². The molecule has 0 spiro atoms. The Morgan fingerprint density at radius 1 is 0.971 bits per heavy atom. The molecule has 1 aromatic heterocycles. The van der Waals surface area contributed by atoms with E-state index in [4.69, 9.17) is 4.99 Å². The molecule has 34 heavy (non-hydrogen) atoms. The van der Waals surface area contributed by atoms with Crippen LogP contribution in [0.3, 0.4) is 0 Å². The summed E-state index contributed by atoms with van der Waals surface area (Å²) in [7, 11) is 0. The Balaban J connectivity index is 1.45. The third-order valence-corrected chi connectivity index (χ3v) is 7.86. The van der Waals surface area contributed by atoms with Crippen molar-refractivity contribution in [3.63, 3.8) is 0 Å². The molecule has 0 unspecified atom stereocenters. The highest BCUT2D eigenvalue weighted by atomic mass is 32.2. The van der Waals surface area contributed by atoms with Gasteiger partial charge in [0.25, 0.3) is 5.91 Å². The maximum atomic E-state index is 13.5. The van der Waals surface area contributed by atoms with Crippen molar-refractivity contribution >= 4 is 28.9 Å². The highest BCUT2D eigenvalue weighted by Gasteiger charge is 2.33. The molecule has 4 nitrogen and oxygen atoms in total. The first kappa shape index (κ1) is 22.7. The number of hydrogen-bond acceptors (Lipinski definition) is 3. The molecule has 2 fully saturated rings. The van der Waals surface area contributed by atoms with E-state index in [9.17, 15) is 4.79 Å². The molecule has 2 aliphatic rings. The summed E-state index contributed by atoms with van der Waals surface area (Å²) in [5.41, 5.74) is 5.93. The summed E-state index contributed by atoms with van der Waals surface area (Å²) >= 11 is 1.49. The number of amides is 1. The second-order valence-electron chi connectivity index (χ2n) is 9.21. The third-order valence-electron chi connectivity index (χ3n) is 6.81. The van der Waals surface area contributed by atoms with Crippen molar-refractivity contribution in [1.29, 1.82) is 0 Å². The number of benzene rings is 2. The lowest BCUT2D eigenvalue weighted by Crippen LogP contribution is -2.28. The van der Waals surface area contributed by atoms with Gasteiger partial charge in [0, 0.05) is 17.4 Å². The van der Waals surface area contributed by atoms with E-state index in [1.807, 2.05) is 41.3 Å². The van der Waals surface area contributed by atoms with Gasteiger partial charge in [-0.3, -0.25) is 14.7 Å². The SMILES string of the molecule is Cc1cc(/C=C2\SC(=NCc3ccccc3)N(Cc3ccccc3)C2=O)c(C)n1C1CCCC1. The number of thioether (sulfide) groups is 1. The van der Waals surface area contributed by atoms with Crippen molar-refractivity contribution in [2.45, 2.75) is 58.7 Å². The summed E-state index contributed by atoms with van der Waals surface area (Å²) < 4.78 is 2.48. The monoisotopic (exact) mass is 469 g/mol. The summed E-state index contributed by atoms with van der Waals surface area (Å²) in [4.78, 5) is 21.0. The van der Waals surface area contributed by atoms with Crippen molar-refractivity contribution in [3.05, 3.63) is 99.7 Å². The van der Waals surface area contributed by atoms with Gasteiger partial charge in [-0.2, -0.15) is 0 Å². The van der Waals surface area contributed by atoms with Crippen LogP contribution in [-0.4, -0.2) is 20.5 Å². The summed E-state index contributed by atoms with van der Waals surface area (Å²) in [6.45, 7) is 5.46. The van der Waals surface area contributed by atoms with Gasteiger partial charge >= 0.3 is 0 Å². The Bertz CT molecular complexity index is 1220. The van der Waals surface area contributed by atoms with Gasteiger partial charge in [0.2, 0.25) is 0 Å². The van der Waals surface area contributed by atoms with Crippen LogP contribution in [0.1, 0.15) is 59.8 Å². The number of carbonyl (C=O) groups excluding carboxylic acids is 1. The first-order chi connectivity index (χ1) is 16.6. The predicted octanol–water partition coefficient (Wildman–Crippen LogP) is 6.89. The summed E-state index contributed by atoms with van der Waals surface area (Å²) in [5.74, 6) is 0.0336. The van der Waals surface area contributed by atoms with Gasteiger partial charge in [0.1, 0.15) is 0 Å². The fourth-order valence-corrected chi connectivity index (χ4v) is 6.05. The van der Waals surface area contributed by atoms with Crippen molar-refractivity contribution in [2.24, 2.45) is 4.99 Å². The zero-order chi connectivity index (χ0) is 23.5. The van der Waals surface area contributed by atoms with Gasteiger partial charge < -0.3 is 4.57 Å². The molecule has 3 aromatic rings. The molecule has 1 aliphatic carbocycles. The standard InChI is InChI=1S/C29H31N3OS/c1-21-17-25(22(2)32(21)26-15-9-10-16-26)18-27-28(33)31(20-24-13-7-4-8-14-24)29(34-27)30-19-23-11-5-3-6-12-23/h3-8,11-14,17-18,26H,9-10,15-16,19-20H2,1-2H3/b27-18-,30-29?. The number of carbonyl (C=O) groups is 1. The average molecular weight is 470 g/mol. The van der Waals surface area contributed by atoms with Crippen LogP contribution >= 0.6 is 11.8 Å². The maximum Gasteiger partial charge on any atom is 0.267 e. The van der Waals surface area contributed by atoms with Crippen LogP contribution in [-0.2, 0) is 17.9 Å². The number of rotatable bonds is 6. The van der Waals surface area contributed by atoms with Gasteiger partial charge in [0.15, 0.2) is 5.17 Å². The van der Waals surface area contributed by atoms with E-state index < -0.39 is 0 Å². The Hall–Kier alpha value is -3.05. The number of hydrogen-bond donors (Lipinski definition) is 0. The molecule has 0 N–H and O–H groups in total. The maximum absolute atomic E-state index is 13.5. The van der Waals surface area contributed by atoms with E-state index in [0.29, 0.717) is 19.1 Å². The smallest absolute Gasteiger partial charge is 0.267 e. The van der Waals surface area contributed by atoms with E-state index in [1.165, 1.54) is 48.8 Å². The van der Waals surface area contributed by atoms with E-state index in [1.54, 1.807) is 0 Å². The first-order valence-electron chi connectivity index (χ1n) is 12.1. The molecule has 2 heterocycles. The number of nitrogens with zero attached hydrogens (tertiary/aromatic N) is 3. The van der Waals surface area contributed by atoms with Crippen LogP contribution in [0.25, 0.3) is 6.08 Å². The molecular weight excluding hydrogens is 438 g/mol. The van der Waals surface area contributed by atoms with Crippen molar-refractivity contribution in [3.8, 4) is 0 Å². The molecule has 0 radical (unpaired) electrons. The second-order valence-corrected chi connectivity index (χ2v) is 10.2. The van der Waals surface area contributed by atoms with Crippen molar-refractivity contribution in [2.75, 3.05) is 0 Å². The molecular formula is C29H31N3OS. The lowest BCUT2D eigenvalue weighted by molar-refractivity contribution is -0.122. The van der Waals surface area contributed by atoms with E-state index >= 15 is 0 Å². The molecule has 5 rings (SSSR count). The van der Waals surface area contributed by atoms with Crippen LogP contribution in [0.2, 0.25) is 0 Å². The minimum atomic E-state index is 0.0336. The quantitative estimate of drug-likeness (QED) is 0.369. The second kappa shape index (κ2) is 10.1. The van der Waals surface area contributed by atoms with Gasteiger partial charge in [0.05, 0.1) is 18.0 Å². The van der Waals surface area contributed by atoms with Gasteiger partial charge in [-0.25, -0.2) is 0 Å². The lowest BCUT2D eigenvalue weighted by atomic mass is 10.2. The zero-order valence-corrected chi connectivity index (χ0v) is 20.7. The molecule has 1 amide bonds. The van der Waals surface area contributed by atoms with Crippen LogP contribution in [0.4, 0.5) is 0 Å². The van der Waals surface area contributed by atoms with Gasteiger partial charge in [-0.05, 0) is 67.3 Å². The van der Waals surface area contributed by atoms with Crippen LogP contribution < -0.4 is 0 Å². The highest BCUT2D eigenvalue weighted by molar-refractivity contribution is 8.18. The average Bonchev–Trinajstić information content (AvgIpc) is 3.55. The molecule has 2 aromatic carbocycles. The Morgan fingerprint density at radius 2 is 1.62 bits per heavy atom. The molecule has 174 valence electrons. The summed E-state index contributed by atoms with van der Waals surface area (Å²) in [6.07, 6.45) is 7.19. The Morgan fingerprint density at radius 3 is 2.29 bits per heavy atom. The number of aryl methyl sites for hydroxylation is 1. The van der Waals surface area contributed by atoms with Crippen molar-refractivity contribution in [1.82, 2.24) is 9.47 Å². The summed E-state index contributed by atoms with van der Waals surface area (Å²) in [6, 6.07) is 23.2. The number of aliphatic imine (C=N–C) groups is 1. The third kappa shape index (κ3) is 4.76. The Kier molecular flexibility index (Phi) is 6.73. The van der Waals surface area contributed by atoms with E-state index in [2.05, 4.69) is 54.8 Å². The molecule has 1 saturated carbocycles. The molecule has 1 aliphatic heterocycles. The fourth-order valence-electron chi connectivity index (χ4n) is 5.09. The van der Waals surface area contributed by atoms with Crippen LogP contribution in [0.5, 0.6) is 0 Å². The fraction of sp³-hybridized carbons (Fsp3) is 0.310. The molecule has 0 bridgehead atoms. The predicted molar refractivity (Wildman–Crippen MR) is 142 cm³/mol. The first-order valence-corrected chi connectivity index (χ1v) is 12.9. The number of amidine groups is 1. The van der Waals surface area contributed by atoms with Crippen molar-refractivity contribution < 1.29 is 4.79 Å².